The van der Waals surface area contributed by atoms with Gasteiger partial charge in [0.1, 0.15) is 6.61 Å². The summed E-state index contributed by atoms with van der Waals surface area (Å²) in [5.41, 5.74) is 0. The Labute approximate surface area is 240 Å². The summed E-state index contributed by atoms with van der Waals surface area (Å²) in [6.45, 7) is 3.97. The van der Waals surface area contributed by atoms with Crippen LogP contribution in [0.3, 0.4) is 0 Å². The Kier molecular flexibility index (Phi) is 29.2. The number of hydrogen-bond donors (Lipinski definition) is 1. The van der Waals surface area contributed by atoms with E-state index in [4.69, 9.17) is 9.47 Å². The first-order valence-corrected chi connectivity index (χ1v) is 16.0. The Bertz CT molecular complexity index is 637. The first-order valence-electron chi connectivity index (χ1n) is 16.0. The van der Waals surface area contributed by atoms with Crippen LogP contribution in [0.15, 0.2) is 36.5 Å². The molecule has 0 aromatic heterocycles. The van der Waals surface area contributed by atoms with Crippen LogP contribution in [-0.4, -0.2) is 36.4 Å². The molecule has 0 saturated heterocycles. The molecule has 39 heavy (non-hydrogen) atoms. The van der Waals surface area contributed by atoms with E-state index in [1.165, 1.54) is 51.4 Å². The summed E-state index contributed by atoms with van der Waals surface area (Å²) in [4.78, 5) is 24.0. The lowest BCUT2D eigenvalue weighted by Gasteiger charge is -2.15. The van der Waals surface area contributed by atoms with Crippen molar-refractivity contribution in [3.63, 3.8) is 0 Å². The molecule has 0 unspecified atom stereocenters. The average Bonchev–Trinajstić information content (AvgIpc) is 2.94. The molecule has 0 heterocycles. The zero-order chi connectivity index (χ0) is 28.7. The fraction of sp³-hybridized carbons (Fsp3) is 0.765. The van der Waals surface area contributed by atoms with Crippen molar-refractivity contribution in [1.29, 1.82) is 0 Å². The van der Waals surface area contributed by atoms with Crippen molar-refractivity contribution in [2.45, 2.75) is 155 Å². The van der Waals surface area contributed by atoms with E-state index in [2.05, 4.69) is 50.3 Å². The number of hydrogen-bond acceptors (Lipinski definition) is 5. The molecular formula is C34H60O5. The second-order valence-electron chi connectivity index (χ2n) is 10.5. The lowest BCUT2D eigenvalue weighted by molar-refractivity contribution is -0.161. The maximum absolute atomic E-state index is 12.1. The quantitative estimate of drug-likeness (QED) is 0.0599. The highest BCUT2D eigenvalue weighted by Crippen LogP contribution is 2.12. The Morgan fingerprint density at radius 3 is 1.67 bits per heavy atom. The summed E-state index contributed by atoms with van der Waals surface area (Å²) in [5.74, 6) is -0.615. The van der Waals surface area contributed by atoms with Crippen LogP contribution in [0.1, 0.15) is 149 Å². The predicted molar refractivity (Wildman–Crippen MR) is 164 cm³/mol. The molecule has 0 aromatic carbocycles. The number of aliphatic hydroxyl groups is 1. The third-order valence-corrected chi connectivity index (χ3v) is 6.70. The number of esters is 2. The highest BCUT2D eigenvalue weighted by Gasteiger charge is 2.16. The minimum atomic E-state index is -0.774. The summed E-state index contributed by atoms with van der Waals surface area (Å²) in [6.07, 6.45) is 34.8. The van der Waals surface area contributed by atoms with E-state index in [1.54, 1.807) is 0 Å². The van der Waals surface area contributed by atoms with Crippen molar-refractivity contribution in [3.8, 4) is 0 Å². The molecule has 0 saturated carbocycles. The number of carbonyl (C=O) groups excluding carboxylic acids is 2. The maximum Gasteiger partial charge on any atom is 0.306 e. The number of rotatable bonds is 28. The highest BCUT2D eigenvalue weighted by molar-refractivity contribution is 5.70. The Morgan fingerprint density at radius 2 is 1.10 bits per heavy atom. The topological polar surface area (TPSA) is 72.8 Å². The second-order valence-corrected chi connectivity index (χ2v) is 10.5. The van der Waals surface area contributed by atoms with Gasteiger partial charge in [-0.05, 0) is 44.9 Å². The van der Waals surface area contributed by atoms with Gasteiger partial charge in [-0.3, -0.25) is 9.59 Å². The fourth-order valence-corrected chi connectivity index (χ4v) is 4.27. The largest absolute Gasteiger partial charge is 0.462 e. The summed E-state index contributed by atoms with van der Waals surface area (Å²) in [6, 6.07) is 0. The summed E-state index contributed by atoms with van der Waals surface area (Å²) in [5, 5.41) is 9.48. The van der Waals surface area contributed by atoms with E-state index in [0.29, 0.717) is 12.8 Å². The average molecular weight is 549 g/mol. The molecule has 0 aromatic rings. The van der Waals surface area contributed by atoms with Crippen LogP contribution in [0.25, 0.3) is 0 Å². The van der Waals surface area contributed by atoms with Gasteiger partial charge in [0.25, 0.3) is 0 Å². The minimum Gasteiger partial charge on any atom is -0.462 e. The molecule has 1 N–H and O–H groups in total. The van der Waals surface area contributed by atoms with Crippen LogP contribution in [0, 0.1) is 0 Å². The molecule has 0 amide bonds. The number of carbonyl (C=O) groups is 2. The highest BCUT2D eigenvalue weighted by atomic mass is 16.6. The molecule has 0 aliphatic rings. The van der Waals surface area contributed by atoms with E-state index in [0.717, 1.165) is 70.6 Å². The van der Waals surface area contributed by atoms with Crippen LogP contribution < -0.4 is 0 Å². The lowest BCUT2D eigenvalue weighted by atomic mass is 10.1. The van der Waals surface area contributed by atoms with Gasteiger partial charge in [0.15, 0.2) is 6.10 Å². The number of ether oxygens (including phenoxy) is 2. The molecule has 0 radical (unpaired) electrons. The molecular weight excluding hydrogens is 488 g/mol. The van der Waals surface area contributed by atoms with Crippen LogP contribution >= 0.6 is 0 Å². The van der Waals surface area contributed by atoms with Crippen LogP contribution in [0.4, 0.5) is 0 Å². The summed E-state index contributed by atoms with van der Waals surface area (Å²) in [7, 11) is 0. The molecule has 0 spiro atoms. The van der Waals surface area contributed by atoms with Crippen molar-refractivity contribution in [1.82, 2.24) is 0 Å². The van der Waals surface area contributed by atoms with Crippen molar-refractivity contribution in [3.05, 3.63) is 36.5 Å². The van der Waals surface area contributed by atoms with Gasteiger partial charge in [-0.25, -0.2) is 0 Å². The minimum absolute atomic E-state index is 0.0714. The maximum atomic E-state index is 12.1. The number of unbranched alkanes of at least 4 members (excludes halogenated alkanes) is 14. The van der Waals surface area contributed by atoms with Gasteiger partial charge in [0.05, 0.1) is 6.61 Å². The van der Waals surface area contributed by atoms with Gasteiger partial charge in [-0.15, -0.1) is 0 Å². The van der Waals surface area contributed by atoms with Gasteiger partial charge in [-0.2, -0.15) is 0 Å². The monoisotopic (exact) mass is 548 g/mol. The number of allylic oxidation sites excluding steroid dienone is 6. The molecule has 0 rings (SSSR count). The van der Waals surface area contributed by atoms with Gasteiger partial charge in [-0.1, -0.05) is 127 Å². The Morgan fingerprint density at radius 1 is 0.615 bits per heavy atom. The molecule has 0 aliphatic heterocycles. The van der Waals surface area contributed by atoms with E-state index in [-0.39, 0.29) is 25.2 Å². The third-order valence-electron chi connectivity index (χ3n) is 6.70. The molecule has 1 atom stereocenters. The SMILES string of the molecule is CC/C=C/C/C=C/C/C=C/CCCCCCCC(=O)O[C@@H](CO)COC(=O)CCCCCCCCCCCC. The summed E-state index contributed by atoms with van der Waals surface area (Å²) < 4.78 is 10.5. The first-order chi connectivity index (χ1) is 19.1. The summed E-state index contributed by atoms with van der Waals surface area (Å²) >= 11 is 0. The third kappa shape index (κ3) is 28.9. The zero-order valence-corrected chi connectivity index (χ0v) is 25.4. The van der Waals surface area contributed by atoms with Crippen LogP contribution in [0.2, 0.25) is 0 Å². The van der Waals surface area contributed by atoms with E-state index >= 15 is 0 Å². The predicted octanol–water partition coefficient (Wildman–Crippen LogP) is 9.33. The van der Waals surface area contributed by atoms with Crippen molar-refractivity contribution >= 4 is 11.9 Å². The van der Waals surface area contributed by atoms with Gasteiger partial charge < -0.3 is 14.6 Å². The zero-order valence-electron chi connectivity index (χ0n) is 25.4. The van der Waals surface area contributed by atoms with Crippen LogP contribution in [-0.2, 0) is 19.1 Å². The van der Waals surface area contributed by atoms with Crippen molar-refractivity contribution in [2.75, 3.05) is 13.2 Å². The molecule has 0 fully saturated rings. The Hall–Kier alpha value is -1.88. The van der Waals surface area contributed by atoms with Gasteiger partial charge >= 0.3 is 11.9 Å². The number of aliphatic hydroxyl groups excluding tert-OH is 1. The van der Waals surface area contributed by atoms with E-state index < -0.39 is 6.10 Å². The van der Waals surface area contributed by atoms with Crippen LogP contribution in [0.5, 0.6) is 0 Å². The molecule has 226 valence electrons. The first kappa shape index (κ1) is 37.1. The molecule has 0 bridgehead atoms. The lowest BCUT2D eigenvalue weighted by Crippen LogP contribution is -2.28. The Balaban J connectivity index is 3.63. The normalized spacial score (nSPS) is 12.6. The standard InChI is InChI=1S/C34H60O5/c1-3-5-7-9-11-13-15-16-17-18-19-21-23-25-27-29-34(37)39-32(30-35)31-38-33(36)28-26-24-22-20-14-12-10-8-6-4-2/h5,7,11,13,16-17,32,35H,3-4,6,8-10,12,14-15,18-31H2,1-2H3/b7-5+,13-11+,17-16+/t32-/m0/s1. The van der Waals surface area contributed by atoms with Gasteiger partial charge in [0.2, 0.25) is 0 Å². The second kappa shape index (κ2) is 30.7. The smallest absolute Gasteiger partial charge is 0.306 e. The molecule has 5 nitrogen and oxygen atoms in total. The van der Waals surface area contributed by atoms with Crippen molar-refractivity contribution < 1.29 is 24.2 Å². The fourth-order valence-electron chi connectivity index (χ4n) is 4.27. The van der Waals surface area contributed by atoms with E-state index in [9.17, 15) is 14.7 Å². The van der Waals surface area contributed by atoms with Gasteiger partial charge in [0, 0.05) is 12.8 Å². The van der Waals surface area contributed by atoms with Crippen molar-refractivity contribution in [2.24, 2.45) is 0 Å². The molecule has 5 heteroatoms. The molecule has 0 aliphatic carbocycles. The van der Waals surface area contributed by atoms with E-state index in [1.807, 2.05) is 0 Å².